The first-order valence-electron chi connectivity index (χ1n) is 7.64. The molecule has 1 fully saturated rings. The van der Waals surface area contributed by atoms with E-state index in [1.54, 1.807) is 7.11 Å². The summed E-state index contributed by atoms with van der Waals surface area (Å²) in [4.78, 5) is 2.60. The van der Waals surface area contributed by atoms with E-state index >= 15 is 0 Å². The molecule has 1 aliphatic rings. The molecule has 1 N–H and O–H groups in total. The Kier molecular flexibility index (Phi) is 5.06. The van der Waals surface area contributed by atoms with Crippen LogP contribution in [0.5, 0.6) is 5.75 Å². The summed E-state index contributed by atoms with van der Waals surface area (Å²) in [6.45, 7) is 13.3. The quantitative estimate of drug-likeness (QED) is 0.915. The van der Waals surface area contributed by atoms with Gasteiger partial charge in [0, 0.05) is 37.8 Å². The number of rotatable bonds is 4. The number of ether oxygens (including phenoxy) is 1. The van der Waals surface area contributed by atoms with Crippen molar-refractivity contribution in [1.29, 1.82) is 0 Å². The maximum absolute atomic E-state index is 5.71. The summed E-state index contributed by atoms with van der Waals surface area (Å²) in [5.74, 6) is 1.64. The van der Waals surface area contributed by atoms with Crippen molar-refractivity contribution in [3.63, 3.8) is 0 Å². The van der Waals surface area contributed by atoms with Crippen LogP contribution < -0.4 is 10.1 Å². The molecule has 0 spiro atoms. The van der Waals surface area contributed by atoms with Crippen LogP contribution in [0.1, 0.15) is 36.6 Å². The minimum Gasteiger partial charge on any atom is -0.496 e. The van der Waals surface area contributed by atoms with Gasteiger partial charge >= 0.3 is 0 Å². The highest BCUT2D eigenvalue weighted by molar-refractivity contribution is 5.45. The molecular weight excluding hydrogens is 248 g/mol. The fourth-order valence-corrected chi connectivity index (χ4v) is 3.42. The van der Waals surface area contributed by atoms with Gasteiger partial charge in [0.1, 0.15) is 5.75 Å². The minimum atomic E-state index is 0.436. The molecule has 3 heteroatoms. The maximum Gasteiger partial charge on any atom is 0.126 e. The summed E-state index contributed by atoms with van der Waals surface area (Å²) in [6, 6.07) is 4.95. The lowest BCUT2D eigenvalue weighted by Crippen LogP contribution is -2.46. The molecule has 0 radical (unpaired) electrons. The molecule has 0 bridgehead atoms. The van der Waals surface area contributed by atoms with Crippen LogP contribution in [0.4, 0.5) is 0 Å². The molecule has 2 rings (SSSR count). The third kappa shape index (κ3) is 3.15. The van der Waals surface area contributed by atoms with Crippen molar-refractivity contribution in [2.24, 2.45) is 5.92 Å². The van der Waals surface area contributed by atoms with Crippen LogP contribution in [0.2, 0.25) is 0 Å². The van der Waals surface area contributed by atoms with Gasteiger partial charge in [-0.25, -0.2) is 0 Å². The van der Waals surface area contributed by atoms with E-state index in [1.165, 1.54) is 16.7 Å². The molecule has 1 aliphatic heterocycles. The van der Waals surface area contributed by atoms with E-state index in [1.807, 2.05) is 0 Å². The van der Waals surface area contributed by atoms with Gasteiger partial charge < -0.3 is 10.1 Å². The topological polar surface area (TPSA) is 24.5 Å². The van der Waals surface area contributed by atoms with Crippen molar-refractivity contribution < 1.29 is 4.74 Å². The lowest BCUT2D eigenvalue weighted by atomic mass is 9.90. The minimum absolute atomic E-state index is 0.436. The SMILES string of the molecule is COc1c(C)cc(C)cc1C(C(C)C)N1CCNCC1. The average molecular weight is 276 g/mol. The highest BCUT2D eigenvalue weighted by Gasteiger charge is 2.28. The van der Waals surface area contributed by atoms with Gasteiger partial charge in [-0.3, -0.25) is 4.90 Å². The van der Waals surface area contributed by atoms with Crippen LogP contribution in [0.25, 0.3) is 0 Å². The Morgan fingerprint density at radius 2 is 1.80 bits per heavy atom. The second kappa shape index (κ2) is 6.59. The second-order valence-electron chi connectivity index (χ2n) is 6.18. The summed E-state index contributed by atoms with van der Waals surface area (Å²) in [5, 5.41) is 3.44. The molecule has 3 nitrogen and oxygen atoms in total. The predicted octanol–water partition coefficient (Wildman–Crippen LogP) is 2.91. The molecule has 20 heavy (non-hydrogen) atoms. The van der Waals surface area contributed by atoms with E-state index in [0.717, 1.165) is 31.9 Å². The number of nitrogens with one attached hydrogen (secondary N) is 1. The molecule has 0 amide bonds. The number of aryl methyl sites for hydroxylation is 2. The molecule has 112 valence electrons. The van der Waals surface area contributed by atoms with Gasteiger partial charge in [0.2, 0.25) is 0 Å². The second-order valence-corrected chi connectivity index (χ2v) is 6.18. The summed E-state index contributed by atoms with van der Waals surface area (Å²) in [6.07, 6.45) is 0. The highest BCUT2D eigenvalue weighted by atomic mass is 16.5. The van der Waals surface area contributed by atoms with Crippen molar-refractivity contribution >= 4 is 0 Å². The Hall–Kier alpha value is -1.06. The van der Waals surface area contributed by atoms with E-state index in [-0.39, 0.29) is 0 Å². The monoisotopic (exact) mass is 276 g/mol. The number of hydrogen-bond acceptors (Lipinski definition) is 3. The average Bonchev–Trinajstić information content (AvgIpc) is 2.39. The van der Waals surface area contributed by atoms with Crippen molar-refractivity contribution in [2.45, 2.75) is 33.7 Å². The van der Waals surface area contributed by atoms with E-state index in [0.29, 0.717) is 12.0 Å². The van der Waals surface area contributed by atoms with Gasteiger partial charge in [-0.2, -0.15) is 0 Å². The Morgan fingerprint density at radius 3 is 2.35 bits per heavy atom. The van der Waals surface area contributed by atoms with Crippen LogP contribution in [-0.4, -0.2) is 38.2 Å². The normalized spacial score (nSPS) is 18.3. The number of methoxy groups -OCH3 is 1. The molecule has 1 atom stereocenters. The first kappa shape index (κ1) is 15.3. The molecule has 0 saturated carbocycles. The third-order valence-corrected chi connectivity index (χ3v) is 4.15. The zero-order valence-corrected chi connectivity index (χ0v) is 13.5. The van der Waals surface area contributed by atoms with Crippen molar-refractivity contribution in [1.82, 2.24) is 10.2 Å². The Balaban J connectivity index is 2.42. The van der Waals surface area contributed by atoms with Gasteiger partial charge in [-0.15, -0.1) is 0 Å². The van der Waals surface area contributed by atoms with Crippen LogP contribution in [0, 0.1) is 19.8 Å². The smallest absolute Gasteiger partial charge is 0.126 e. The van der Waals surface area contributed by atoms with Gasteiger partial charge in [-0.05, 0) is 25.3 Å². The Morgan fingerprint density at radius 1 is 1.15 bits per heavy atom. The van der Waals surface area contributed by atoms with E-state index in [4.69, 9.17) is 4.74 Å². The molecule has 1 saturated heterocycles. The van der Waals surface area contributed by atoms with E-state index < -0.39 is 0 Å². The van der Waals surface area contributed by atoms with Gasteiger partial charge in [0.15, 0.2) is 0 Å². The first-order chi connectivity index (χ1) is 9.54. The molecule has 1 unspecified atom stereocenters. The third-order valence-electron chi connectivity index (χ3n) is 4.15. The van der Waals surface area contributed by atoms with Crippen molar-refractivity contribution in [3.05, 3.63) is 28.8 Å². The zero-order chi connectivity index (χ0) is 14.7. The summed E-state index contributed by atoms with van der Waals surface area (Å²) >= 11 is 0. The zero-order valence-electron chi connectivity index (χ0n) is 13.5. The molecule has 0 aromatic heterocycles. The summed E-state index contributed by atoms with van der Waals surface area (Å²) < 4.78 is 5.71. The number of hydrogen-bond donors (Lipinski definition) is 1. The Bertz CT molecular complexity index is 451. The lowest BCUT2D eigenvalue weighted by Gasteiger charge is -2.38. The summed E-state index contributed by atoms with van der Waals surface area (Å²) in [7, 11) is 1.79. The first-order valence-corrected chi connectivity index (χ1v) is 7.64. The number of piperazine rings is 1. The molecular formula is C17H28N2O. The Labute approximate surface area is 123 Å². The molecule has 1 aromatic rings. The summed E-state index contributed by atoms with van der Waals surface area (Å²) in [5.41, 5.74) is 3.91. The standard InChI is InChI=1S/C17H28N2O/c1-12(2)16(19-8-6-18-7-9-19)15-11-13(3)10-14(4)17(15)20-5/h10-12,16,18H,6-9H2,1-5H3. The van der Waals surface area contributed by atoms with Crippen molar-refractivity contribution in [2.75, 3.05) is 33.3 Å². The van der Waals surface area contributed by atoms with Crippen LogP contribution in [0.15, 0.2) is 12.1 Å². The maximum atomic E-state index is 5.71. The molecule has 0 aliphatic carbocycles. The fraction of sp³-hybridized carbons (Fsp3) is 0.647. The number of benzene rings is 1. The van der Waals surface area contributed by atoms with Crippen LogP contribution >= 0.6 is 0 Å². The lowest BCUT2D eigenvalue weighted by molar-refractivity contribution is 0.134. The number of nitrogens with zero attached hydrogens (tertiary/aromatic N) is 1. The van der Waals surface area contributed by atoms with E-state index in [2.05, 4.69) is 50.0 Å². The largest absolute Gasteiger partial charge is 0.496 e. The van der Waals surface area contributed by atoms with Gasteiger partial charge in [-0.1, -0.05) is 31.5 Å². The van der Waals surface area contributed by atoms with Crippen molar-refractivity contribution in [3.8, 4) is 5.75 Å². The fourth-order valence-electron chi connectivity index (χ4n) is 3.42. The van der Waals surface area contributed by atoms with Crippen LogP contribution in [0.3, 0.4) is 0 Å². The van der Waals surface area contributed by atoms with Crippen LogP contribution in [-0.2, 0) is 0 Å². The molecule has 1 heterocycles. The van der Waals surface area contributed by atoms with Gasteiger partial charge in [0.05, 0.1) is 7.11 Å². The highest BCUT2D eigenvalue weighted by Crippen LogP contribution is 2.37. The van der Waals surface area contributed by atoms with E-state index in [9.17, 15) is 0 Å². The van der Waals surface area contributed by atoms with Gasteiger partial charge in [0.25, 0.3) is 0 Å². The predicted molar refractivity (Wildman–Crippen MR) is 84.5 cm³/mol. The molecule has 1 aromatic carbocycles.